The first-order valence-electron chi connectivity index (χ1n) is 7.46. The Hall–Kier alpha value is -2.47. The zero-order valence-corrected chi connectivity index (χ0v) is 12.2. The second-order valence-corrected chi connectivity index (χ2v) is 5.39. The Labute approximate surface area is 128 Å². The van der Waals surface area contributed by atoms with Crippen molar-refractivity contribution in [1.29, 1.82) is 0 Å². The first-order chi connectivity index (χ1) is 10.9. The van der Waals surface area contributed by atoms with Gasteiger partial charge in [0.1, 0.15) is 19.0 Å². The van der Waals surface area contributed by atoms with Crippen molar-refractivity contribution in [3.8, 4) is 5.69 Å². The molecule has 2 aliphatic rings. The second kappa shape index (κ2) is 5.38. The van der Waals surface area contributed by atoms with E-state index in [0.29, 0.717) is 12.4 Å². The predicted octanol–water partition coefficient (Wildman–Crippen LogP) is 1.28. The molecular weight excluding hydrogens is 278 g/mol. The first kappa shape index (κ1) is 13.2. The molecule has 112 valence electrons. The highest BCUT2D eigenvalue weighted by atomic mass is 16.3. The molecule has 0 atom stereocenters. The number of aliphatic hydroxyl groups is 1. The SMILES string of the molecule is OCc1nnc2n1-c1ccccc1C(N1CC=CCC1)=NC2. The van der Waals surface area contributed by atoms with E-state index in [-0.39, 0.29) is 6.61 Å². The monoisotopic (exact) mass is 295 g/mol. The molecule has 1 aromatic carbocycles. The number of para-hydroxylation sites is 1. The fourth-order valence-electron chi connectivity index (χ4n) is 3.03. The van der Waals surface area contributed by atoms with Gasteiger partial charge in [-0.15, -0.1) is 10.2 Å². The number of aliphatic imine (C=N–C) groups is 1. The van der Waals surface area contributed by atoms with Crippen LogP contribution in [0.5, 0.6) is 0 Å². The fraction of sp³-hybridized carbons (Fsp3) is 0.312. The van der Waals surface area contributed by atoms with Gasteiger partial charge in [0.25, 0.3) is 0 Å². The average Bonchev–Trinajstić information content (AvgIpc) is 2.92. The maximum Gasteiger partial charge on any atom is 0.163 e. The average molecular weight is 295 g/mol. The Morgan fingerprint density at radius 2 is 2.05 bits per heavy atom. The Morgan fingerprint density at radius 3 is 2.86 bits per heavy atom. The van der Waals surface area contributed by atoms with Gasteiger partial charge < -0.3 is 10.0 Å². The highest BCUT2D eigenvalue weighted by Gasteiger charge is 2.24. The molecule has 22 heavy (non-hydrogen) atoms. The summed E-state index contributed by atoms with van der Waals surface area (Å²) in [7, 11) is 0. The minimum Gasteiger partial charge on any atom is -0.388 e. The summed E-state index contributed by atoms with van der Waals surface area (Å²) in [5.74, 6) is 2.31. The topological polar surface area (TPSA) is 66.5 Å². The number of benzene rings is 1. The van der Waals surface area contributed by atoms with Crippen LogP contribution in [0.25, 0.3) is 5.69 Å². The van der Waals surface area contributed by atoms with Crippen LogP contribution in [0.15, 0.2) is 41.4 Å². The predicted molar refractivity (Wildman–Crippen MR) is 82.9 cm³/mol. The van der Waals surface area contributed by atoms with E-state index in [1.165, 1.54) is 0 Å². The number of aliphatic hydroxyl groups excluding tert-OH is 1. The third-order valence-electron chi connectivity index (χ3n) is 4.05. The van der Waals surface area contributed by atoms with E-state index < -0.39 is 0 Å². The number of nitrogens with zero attached hydrogens (tertiary/aromatic N) is 5. The molecule has 0 saturated carbocycles. The van der Waals surface area contributed by atoms with Gasteiger partial charge in [-0.2, -0.15) is 0 Å². The van der Waals surface area contributed by atoms with Crippen LogP contribution in [0, 0.1) is 0 Å². The number of hydrogen-bond donors (Lipinski definition) is 1. The van der Waals surface area contributed by atoms with Crippen molar-refractivity contribution in [3.05, 3.63) is 53.6 Å². The summed E-state index contributed by atoms with van der Waals surface area (Å²) in [4.78, 5) is 7.07. The molecule has 0 saturated heterocycles. The molecule has 2 aromatic rings. The standard InChI is InChI=1S/C16H17N5O/c22-11-15-19-18-14-10-17-16(20-8-4-1-5-9-20)12-6-2-3-7-13(12)21(14)15/h1-4,6-7,22H,5,8-11H2. The maximum absolute atomic E-state index is 9.53. The van der Waals surface area contributed by atoms with Crippen LogP contribution in [0.4, 0.5) is 0 Å². The normalized spacial score (nSPS) is 16.8. The van der Waals surface area contributed by atoms with E-state index in [0.717, 1.165) is 42.4 Å². The van der Waals surface area contributed by atoms with E-state index in [9.17, 15) is 5.11 Å². The van der Waals surface area contributed by atoms with Gasteiger partial charge in [-0.25, -0.2) is 0 Å². The summed E-state index contributed by atoms with van der Waals surface area (Å²) in [5.41, 5.74) is 2.04. The molecule has 6 nitrogen and oxygen atoms in total. The number of aromatic nitrogens is 3. The lowest BCUT2D eigenvalue weighted by Gasteiger charge is -2.27. The van der Waals surface area contributed by atoms with Gasteiger partial charge in [-0.05, 0) is 18.6 Å². The molecule has 0 aliphatic carbocycles. The van der Waals surface area contributed by atoms with E-state index in [1.807, 2.05) is 22.8 Å². The molecular formula is C16H17N5O. The number of rotatable bonds is 1. The number of hydrogen-bond acceptors (Lipinski definition) is 5. The minimum atomic E-state index is -0.136. The summed E-state index contributed by atoms with van der Waals surface area (Å²) in [5, 5.41) is 17.8. The third kappa shape index (κ3) is 2.03. The Morgan fingerprint density at radius 1 is 1.14 bits per heavy atom. The lowest BCUT2D eigenvalue weighted by atomic mass is 10.1. The molecule has 3 heterocycles. The van der Waals surface area contributed by atoms with Crippen molar-refractivity contribution >= 4 is 5.84 Å². The van der Waals surface area contributed by atoms with Crippen molar-refractivity contribution in [3.63, 3.8) is 0 Å². The van der Waals surface area contributed by atoms with Gasteiger partial charge in [-0.3, -0.25) is 9.56 Å². The van der Waals surface area contributed by atoms with Gasteiger partial charge in [0, 0.05) is 18.7 Å². The molecule has 0 fully saturated rings. The molecule has 0 bridgehead atoms. The van der Waals surface area contributed by atoms with Crippen LogP contribution in [0.1, 0.15) is 23.6 Å². The van der Waals surface area contributed by atoms with Crippen molar-refractivity contribution in [1.82, 2.24) is 19.7 Å². The summed E-state index contributed by atoms with van der Waals surface area (Å²) in [6, 6.07) is 8.11. The van der Waals surface area contributed by atoms with Crippen LogP contribution in [-0.4, -0.2) is 43.7 Å². The third-order valence-corrected chi connectivity index (χ3v) is 4.05. The van der Waals surface area contributed by atoms with E-state index in [2.05, 4.69) is 33.3 Å². The van der Waals surface area contributed by atoms with Crippen LogP contribution in [0.2, 0.25) is 0 Å². The fourth-order valence-corrected chi connectivity index (χ4v) is 3.03. The number of amidine groups is 1. The zero-order valence-electron chi connectivity index (χ0n) is 12.2. The molecule has 0 unspecified atom stereocenters. The highest BCUT2D eigenvalue weighted by Crippen LogP contribution is 2.24. The maximum atomic E-state index is 9.53. The largest absolute Gasteiger partial charge is 0.388 e. The molecule has 2 aliphatic heterocycles. The van der Waals surface area contributed by atoms with Crippen LogP contribution in [-0.2, 0) is 13.2 Å². The lowest BCUT2D eigenvalue weighted by Crippen LogP contribution is -2.34. The van der Waals surface area contributed by atoms with E-state index in [4.69, 9.17) is 4.99 Å². The van der Waals surface area contributed by atoms with Crippen LogP contribution < -0.4 is 0 Å². The van der Waals surface area contributed by atoms with Crippen LogP contribution in [0.3, 0.4) is 0 Å². The van der Waals surface area contributed by atoms with Crippen LogP contribution >= 0.6 is 0 Å². The molecule has 1 aromatic heterocycles. The van der Waals surface area contributed by atoms with Gasteiger partial charge in [0.15, 0.2) is 11.6 Å². The van der Waals surface area contributed by atoms with Crippen molar-refractivity contribution in [2.24, 2.45) is 4.99 Å². The molecule has 4 rings (SSSR count). The van der Waals surface area contributed by atoms with Gasteiger partial charge >= 0.3 is 0 Å². The highest BCUT2D eigenvalue weighted by molar-refractivity contribution is 6.02. The summed E-state index contributed by atoms with van der Waals surface area (Å²) in [6.07, 6.45) is 5.42. The van der Waals surface area contributed by atoms with E-state index in [1.54, 1.807) is 0 Å². The van der Waals surface area contributed by atoms with Crippen molar-refractivity contribution < 1.29 is 5.11 Å². The lowest BCUT2D eigenvalue weighted by molar-refractivity contribution is 0.268. The smallest absolute Gasteiger partial charge is 0.163 e. The molecule has 0 spiro atoms. The zero-order chi connectivity index (χ0) is 14.9. The van der Waals surface area contributed by atoms with Crippen molar-refractivity contribution in [2.45, 2.75) is 19.6 Å². The first-order valence-corrected chi connectivity index (χ1v) is 7.46. The van der Waals surface area contributed by atoms with Gasteiger partial charge in [0.05, 0.1) is 5.69 Å². The van der Waals surface area contributed by atoms with E-state index >= 15 is 0 Å². The molecule has 1 N–H and O–H groups in total. The molecule has 0 radical (unpaired) electrons. The van der Waals surface area contributed by atoms with Crippen molar-refractivity contribution in [2.75, 3.05) is 13.1 Å². The molecule has 0 amide bonds. The van der Waals surface area contributed by atoms with Gasteiger partial charge in [0.2, 0.25) is 0 Å². The second-order valence-electron chi connectivity index (χ2n) is 5.39. The Kier molecular flexibility index (Phi) is 3.23. The summed E-state index contributed by atoms with van der Waals surface area (Å²) >= 11 is 0. The number of fused-ring (bicyclic) bond motifs is 3. The summed E-state index contributed by atoms with van der Waals surface area (Å²) < 4.78 is 1.92. The Balaban J connectivity index is 1.87. The quantitative estimate of drug-likeness (QED) is 0.805. The summed E-state index contributed by atoms with van der Waals surface area (Å²) in [6.45, 7) is 2.18. The van der Waals surface area contributed by atoms with Gasteiger partial charge in [-0.1, -0.05) is 24.3 Å². The minimum absolute atomic E-state index is 0.136. The Bertz CT molecular complexity index is 762. The molecule has 6 heteroatoms.